The number of aromatic nitrogens is 2. The number of H-pyrrole nitrogens is 1. The predicted octanol–water partition coefficient (Wildman–Crippen LogP) is 2.64. The molecule has 0 radical (unpaired) electrons. The highest BCUT2D eigenvalue weighted by atomic mass is 16.5. The van der Waals surface area contributed by atoms with Crippen molar-refractivity contribution in [3.8, 4) is 11.4 Å². The summed E-state index contributed by atoms with van der Waals surface area (Å²) in [4.78, 5) is 22.5. The van der Waals surface area contributed by atoms with Crippen molar-refractivity contribution in [2.24, 2.45) is 0 Å². The SMILES string of the molecule is CCC1COCCN1C(=O)c1nc(-c2ccccc2)[nH]c1C. The fraction of sp³-hybridized carbons (Fsp3) is 0.412. The Labute approximate surface area is 130 Å². The Morgan fingerprint density at radius 3 is 2.91 bits per heavy atom. The van der Waals surface area contributed by atoms with Gasteiger partial charge in [0.25, 0.3) is 5.91 Å². The van der Waals surface area contributed by atoms with Crippen molar-refractivity contribution in [2.75, 3.05) is 19.8 Å². The summed E-state index contributed by atoms with van der Waals surface area (Å²) in [5.74, 6) is 0.730. The molecule has 1 aliphatic rings. The predicted molar refractivity (Wildman–Crippen MR) is 84.7 cm³/mol. The van der Waals surface area contributed by atoms with Gasteiger partial charge in [0.15, 0.2) is 0 Å². The minimum Gasteiger partial charge on any atom is -0.377 e. The number of nitrogens with zero attached hydrogens (tertiary/aromatic N) is 2. The van der Waals surface area contributed by atoms with Gasteiger partial charge in [0.2, 0.25) is 0 Å². The number of aromatic amines is 1. The summed E-state index contributed by atoms with van der Waals surface area (Å²) >= 11 is 0. The van der Waals surface area contributed by atoms with E-state index in [1.165, 1.54) is 0 Å². The summed E-state index contributed by atoms with van der Waals surface area (Å²) in [5.41, 5.74) is 2.31. The maximum atomic E-state index is 12.8. The minimum absolute atomic E-state index is 0.00826. The number of aryl methyl sites for hydroxylation is 1. The number of benzene rings is 1. The number of hydrogen-bond donors (Lipinski definition) is 1. The number of carbonyl (C=O) groups is 1. The molecular weight excluding hydrogens is 278 g/mol. The number of hydrogen-bond acceptors (Lipinski definition) is 3. The topological polar surface area (TPSA) is 58.2 Å². The van der Waals surface area contributed by atoms with Gasteiger partial charge in [0.05, 0.1) is 19.3 Å². The summed E-state index contributed by atoms with van der Waals surface area (Å²) in [6, 6.07) is 9.99. The van der Waals surface area contributed by atoms with Crippen LogP contribution in [0.25, 0.3) is 11.4 Å². The van der Waals surface area contributed by atoms with E-state index in [-0.39, 0.29) is 11.9 Å². The van der Waals surface area contributed by atoms with Crippen molar-refractivity contribution >= 4 is 5.91 Å². The van der Waals surface area contributed by atoms with Gasteiger partial charge in [-0.2, -0.15) is 0 Å². The van der Waals surface area contributed by atoms with Gasteiger partial charge in [-0.05, 0) is 13.3 Å². The summed E-state index contributed by atoms with van der Waals surface area (Å²) in [6.07, 6.45) is 0.890. The maximum absolute atomic E-state index is 12.8. The fourth-order valence-electron chi connectivity index (χ4n) is 2.80. The molecule has 5 heteroatoms. The zero-order valence-corrected chi connectivity index (χ0v) is 13.0. The highest BCUT2D eigenvalue weighted by Crippen LogP contribution is 2.20. The van der Waals surface area contributed by atoms with Gasteiger partial charge in [-0.15, -0.1) is 0 Å². The minimum atomic E-state index is -0.00826. The number of carbonyl (C=O) groups excluding carboxylic acids is 1. The molecule has 0 aliphatic carbocycles. The van der Waals surface area contributed by atoms with E-state index in [1.54, 1.807) is 0 Å². The Morgan fingerprint density at radius 2 is 2.18 bits per heavy atom. The van der Waals surface area contributed by atoms with Gasteiger partial charge in [-0.25, -0.2) is 4.98 Å². The molecule has 1 aliphatic heterocycles. The molecule has 116 valence electrons. The molecule has 0 spiro atoms. The van der Waals surface area contributed by atoms with Crippen molar-refractivity contribution in [3.05, 3.63) is 41.7 Å². The first-order valence-electron chi connectivity index (χ1n) is 7.71. The average molecular weight is 299 g/mol. The van der Waals surface area contributed by atoms with Crippen LogP contribution >= 0.6 is 0 Å². The molecular formula is C17H21N3O2. The van der Waals surface area contributed by atoms with Crippen molar-refractivity contribution in [1.82, 2.24) is 14.9 Å². The second-order valence-corrected chi connectivity index (χ2v) is 5.56. The summed E-state index contributed by atoms with van der Waals surface area (Å²) in [5, 5.41) is 0. The van der Waals surface area contributed by atoms with Crippen molar-refractivity contribution in [3.63, 3.8) is 0 Å². The van der Waals surface area contributed by atoms with E-state index in [0.29, 0.717) is 25.5 Å². The summed E-state index contributed by atoms with van der Waals surface area (Å²) in [6.45, 7) is 5.80. The van der Waals surface area contributed by atoms with Crippen LogP contribution in [0.5, 0.6) is 0 Å². The van der Waals surface area contributed by atoms with Crippen LogP contribution in [0, 0.1) is 6.92 Å². The Balaban J connectivity index is 1.88. The van der Waals surface area contributed by atoms with Crippen LogP contribution in [-0.4, -0.2) is 46.6 Å². The largest absolute Gasteiger partial charge is 0.377 e. The molecule has 1 unspecified atom stereocenters. The monoisotopic (exact) mass is 299 g/mol. The lowest BCUT2D eigenvalue weighted by Crippen LogP contribution is -2.48. The summed E-state index contributed by atoms with van der Waals surface area (Å²) < 4.78 is 5.47. The number of ether oxygens (including phenoxy) is 1. The van der Waals surface area contributed by atoms with Crippen LogP contribution in [0.2, 0.25) is 0 Å². The van der Waals surface area contributed by atoms with Gasteiger partial charge < -0.3 is 14.6 Å². The standard InChI is InChI=1S/C17H21N3O2/c1-3-14-11-22-10-9-20(14)17(21)15-12(2)18-16(19-15)13-7-5-4-6-8-13/h4-8,14H,3,9-11H2,1-2H3,(H,18,19). The van der Waals surface area contributed by atoms with E-state index in [1.807, 2.05) is 42.2 Å². The third-order valence-electron chi connectivity index (χ3n) is 4.09. The van der Waals surface area contributed by atoms with E-state index < -0.39 is 0 Å². The van der Waals surface area contributed by atoms with Crippen molar-refractivity contribution in [1.29, 1.82) is 0 Å². The van der Waals surface area contributed by atoms with E-state index in [4.69, 9.17) is 4.74 Å². The smallest absolute Gasteiger partial charge is 0.274 e. The Hall–Kier alpha value is -2.14. The van der Waals surface area contributed by atoms with Crippen LogP contribution in [0.15, 0.2) is 30.3 Å². The number of rotatable bonds is 3. The first-order chi connectivity index (χ1) is 10.7. The van der Waals surface area contributed by atoms with Gasteiger partial charge >= 0.3 is 0 Å². The van der Waals surface area contributed by atoms with Crippen LogP contribution in [0.3, 0.4) is 0 Å². The highest BCUT2D eigenvalue weighted by molar-refractivity contribution is 5.94. The molecule has 1 atom stereocenters. The number of morpholine rings is 1. The van der Waals surface area contributed by atoms with E-state index in [0.717, 1.165) is 23.5 Å². The van der Waals surface area contributed by atoms with E-state index in [9.17, 15) is 4.79 Å². The zero-order valence-electron chi connectivity index (χ0n) is 13.0. The Morgan fingerprint density at radius 1 is 1.41 bits per heavy atom. The van der Waals surface area contributed by atoms with E-state index >= 15 is 0 Å². The lowest BCUT2D eigenvalue weighted by Gasteiger charge is -2.34. The second-order valence-electron chi connectivity index (χ2n) is 5.56. The van der Waals surface area contributed by atoms with Crippen LogP contribution in [0.1, 0.15) is 29.5 Å². The molecule has 1 aromatic heterocycles. The van der Waals surface area contributed by atoms with Gasteiger partial charge in [-0.3, -0.25) is 4.79 Å². The number of imidazole rings is 1. The molecule has 3 rings (SSSR count). The average Bonchev–Trinajstić information content (AvgIpc) is 2.97. The van der Waals surface area contributed by atoms with E-state index in [2.05, 4.69) is 16.9 Å². The molecule has 1 saturated heterocycles. The molecule has 5 nitrogen and oxygen atoms in total. The number of nitrogens with one attached hydrogen (secondary N) is 1. The fourth-order valence-corrected chi connectivity index (χ4v) is 2.80. The first-order valence-corrected chi connectivity index (χ1v) is 7.71. The maximum Gasteiger partial charge on any atom is 0.274 e. The molecule has 2 aromatic rings. The van der Waals surface area contributed by atoms with Crippen molar-refractivity contribution < 1.29 is 9.53 Å². The van der Waals surface area contributed by atoms with Crippen LogP contribution < -0.4 is 0 Å². The van der Waals surface area contributed by atoms with Crippen LogP contribution in [0.4, 0.5) is 0 Å². The molecule has 1 N–H and O–H groups in total. The lowest BCUT2D eigenvalue weighted by atomic mass is 10.1. The normalized spacial score (nSPS) is 18.5. The molecule has 1 fully saturated rings. The molecule has 0 saturated carbocycles. The van der Waals surface area contributed by atoms with Gasteiger partial charge in [0.1, 0.15) is 11.5 Å². The Bertz CT molecular complexity index is 651. The molecule has 22 heavy (non-hydrogen) atoms. The third-order valence-corrected chi connectivity index (χ3v) is 4.09. The molecule has 1 amide bonds. The zero-order chi connectivity index (χ0) is 15.5. The molecule has 1 aromatic carbocycles. The summed E-state index contributed by atoms with van der Waals surface area (Å²) in [7, 11) is 0. The molecule has 2 heterocycles. The second kappa shape index (κ2) is 6.32. The number of amides is 1. The van der Waals surface area contributed by atoms with Gasteiger partial charge in [0, 0.05) is 17.8 Å². The van der Waals surface area contributed by atoms with Crippen molar-refractivity contribution in [2.45, 2.75) is 26.3 Å². The highest BCUT2D eigenvalue weighted by Gasteiger charge is 2.29. The van der Waals surface area contributed by atoms with Crippen LogP contribution in [-0.2, 0) is 4.74 Å². The molecule has 0 bridgehead atoms. The third kappa shape index (κ3) is 2.76. The lowest BCUT2D eigenvalue weighted by molar-refractivity contribution is -0.00311. The Kier molecular flexibility index (Phi) is 4.24. The quantitative estimate of drug-likeness (QED) is 0.948. The first kappa shape index (κ1) is 14.8. The van der Waals surface area contributed by atoms with Gasteiger partial charge in [-0.1, -0.05) is 37.3 Å².